The molecule has 9 heteroatoms. The Balaban J connectivity index is 1.65. The van der Waals surface area contributed by atoms with E-state index in [0.717, 1.165) is 28.2 Å². The van der Waals surface area contributed by atoms with Crippen LogP contribution >= 0.6 is 0 Å². The van der Waals surface area contributed by atoms with Gasteiger partial charge < -0.3 is 14.2 Å². The second-order valence-corrected chi connectivity index (χ2v) is 6.98. The first-order valence-corrected chi connectivity index (χ1v) is 9.49. The second kappa shape index (κ2) is 8.11. The molecule has 1 aliphatic rings. The molecule has 0 bridgehead atoms. The van der Waals surface area contributed by atoms with Crippen molar-refractivity contribution < 1.29 is 19.0 Å². The van der Waals surface area contributed by atoms with E-state index < -0.39 is 0 Å². The quantitative estimate of drug-likeness (QED) is 0.553. The molecule has 0 saturated carbocycles. The molecular weight excluding hydrogens is 386 g/mol. The van der Waals surface area contributed by atoms with Gasteiger partial charge in [-0.05, 0) is 24.6 Å². The number of anilines is 1. The van der Waals surface area contributed by atoms with Crippen molar-refractivity contribution in [3.8, 4) is 22.9 Å². The van der Waals surface area contributed by atoms with Gasteiger partial charge in [0, 0.05) is 32.1 Å². The maximum atomic E-state index is 12.9. The number of hydrogen-bond acceptors (Lipinski definition) is 7. The van der Waals surface area contributed by atoms with E-state index in [-0.39, 0.29) is 5.91 Å². The molecule has 0 aliphatic carbocycles. The molecule has 0 radical (unpaired) electrons. The predicted molar refractivity (Wildman–Crippen MR) is 110 cm³/mol. The standard InChI is InChI=1S/C21H23N5O4/c1-13-7-16(14-8-18(29-4)20(22-9-14)30-6-5-28-3)24-17-12-26(21(27)19(13)17)15-10-23-25(2)11-15/h7-11H,5-6,12H2,1-4H3. The summed E-state index contributed by atoms with van der Waals surface area (Å²) in [6.07, 6.45) is 5.18. The Kier molecular flexibility index (Phi) is 5.37. The van der Waals surface area contributed by atoms with Crippen molar-refractivity contribution in [2.24, 2.45) is 7.05 Å². The van der Waals surface area contributed by atoms with Crippen LogP contribution in [0.15, 0.2) is 30.7 Å². The van der Waals surface area contributed by atoms with Crippen LogP contribution in [-0.4, -0.2) is 53.1 Å². The summed E-state index contributed by atoms with van der Waals surface area (Å²) in [7, 11) is 5.00. The van der Waals surface area contributed by atoms with Crippen LogP contribution in [0.4, 0.5) is 5.69 Å². The van der Waals surface area contributed by atoms with E-state index in [9.17, 15) is 4.79 Å². The summed E-state index contributed by atoms with van der Waals surface area (Å²) < 4.78 is 17.7. The number of nitrogens with zero attached hydrogens (tertiary/aromatic N) is 5. The first-order chi connectivity index (χ1) is 14.5. The van der Waals surface area contributed by atoms with Gasteiger partial charge in [-0.3, -0.25) is 19.4 Å². The van der Waals surface area contributed by atoms with Crippen molar-refractivity contribution >= 4 is 11.6 Å². The Bertz CT molecular complexity index is 1090. The molecule has 0 fully saturated rings. The Labute approximate surface area is 174 Å². The molecule has 4 rings (SSSR count). The molecule has 156 valence electrons. The van der Waals surface area contributed by atoms with Crippen LogP contribution in [0.1, 0.15) is 21.6 Å². The van der Waals surface area contributed by atoms with Gasteiger partial charge in [0.2, 0.25) is 0 Å². The smallest absolute Gasteiger partial charge is 0.260 e. The number of amides is 1. The summed E-state index contributed by atoms with van der Waals surface area (Å²) in [5.74, 6) is 0.845. The van der Waals surface area contributed by atoms with Gasteiger partial charge >= 0.3 is 0 Å². The van der Waals surface area contributed by atoms with Gasteiger partial charge in [0.05, 0.1) is 49.1 Å². The highest BCUT2D eigenvalue weighted by Crippen LogP contribution is 2.34. The zero-order chi connectivity index (χ0) is 21.3. The lowest BCUT2D eigenvalue weighted by Crippen LogP contribution is -2.22. The van der Waals surface area contributed by atoms with E-state index >= 15 is 0 Å². The highest BCUT2D eigenvalue weighted by Gasteiger charge is 2.32. The number of ether oxygens (including phenoxy) is 3. The average molecular weight is 409 g/mol. The van der Waals surface area contributed by atoms with E-state index in [2.05, 4.69) is 10.1 Å². The molecule has 0 aromatic carbocycles. The first-order valence-electron chi connectivity index (χ1n) is 9.49. The van der Waals surface area contributed by atoms with Crippen molar-refractivity contribution in [1.82, 2.24) is 19.7 Å². The maximum Gasteiger partial charge on any atom is 0.260 e. The lowest BCUT2D eigenvalue weighted by atomic mass is 10.1. The third-order valence-electron chi connectivity index (χ3n) is 4.92. The fourth-order valence-electron chi connectivity index (χ4n) is 3.45. The molecule has 9 nitrogen and oxygen atoms in total. The molecule has 0 spiro atoms. The summed E-state index contributed by atoms with van der Waals surface area (Å²) in [5, 5.41) is 4.16. The highest BCUT2D eigenvalue weighted by molar-refractivity contribution is 6.10. The third-order valence-corrected chi connectivity index (χ3v) is 4.92. The topological polar surface area (TPSA) is 91.6 Å². The lowest BCUT2D eigenvalue weighted by molar-refractivity contribution is 0.0996. The molecular formula is C21H23N5O4. The van der Waals surface area contributed by atoms with Crippen LogP contribution in [0.3, 0.4) is 0 Å². The summed E-state index contributed by atoms with van der Waals surface area (Å²) in [5.41, 5.74) is 4.50. The average Bonchev–Trinajstić information content (AvgIpc) is 3.31. The number of methoxy groups -OCH3 is 2. The van der Waals surface area contributed by atoms with Crippen molar-refractivity contribution in [1.29, 1.82) is 0 Å². The van der Waals surface area contributed by atoms with Crippen LogP contribution in [0.25, 0.3) is 11.3 Å². The fraction of sp³-hybridized carbons (Fsp3) is 0.333. The van der Waals surface area contributed by atoms with Crippen LogP contribution in [0.2, 0.25) is 0 Å². The van der Waals surface area contributed by atoms with Crippen molar-refractivity contribution in [2.75, 3.05) is 32.3 Å². The van der Waals surface area contributed by atoms with Crippen LogP contribution in [0, 0.1) is 6.92 Å². The van der Waals surface area contributed by atoms with Crippen molar-refractivity contribution in [3.63, 3.8) is 0 Å². The van der Waals surface area contributed by atoms with Crippen molar-refractivity contribution in [2.45, 2.75) is 13.5 Å². The van der Waals surface area contributed by atoms with Crippen molar-refractivity contribution in [3.05, 3.63) is 47.5 Å². The fourth-order valence-corrected chi connectivity index (χ4v) is 3.45. The van der Waals surface area contributed by atoms with E-state index in [4.69, 9.17) is 19.2 Å². The largest absolute Gasteiger partial charge is 0.491 e. The van der Waals surface area contributed by atoms with Crippen LogP contribution in [0.5, 0.6) is 11.6 Å². The van der Waals surface area contributed by atoms with E-state index in [1.807, 2.05) is 32.3 Å². The predicted octanol–water partition coefficient (Wildman–Crippen LogP) is 2.38. The van der Waals surface area contributed by atoms with Gasteiger partial charge in [0.15, 0.2) is 5.75 Å². The SMILES string of the molecule is COCCOc1ncc(-c2cc(C)c3c(n2)CN(c2cnn(C)c2)C3=O)cc1OC. The number of aromatic nitrogens is 4. The zero-order valence-electron chi connectivity index (χ0n) is 17.4. The minimum Gasteiger partial charge on any atom is -0.491 e. The van der Waals surface area contributed by atoms with E-state index in [0.29, 0.717) is 37.0 Å². The molecule has 30 heavy (non-hydrogen) atoms. The second-order valence-electron chi connectivity index (χ2n) is 6.98. The number of fused-ring (bicyclic) bond motifs is 1. The van der Waals surface area contributed by atoms with Crippen LogP contribution in [-0.2, 0) is 18.3 Å². The zero-order valence-corrected chi connectivity index (χ0v) is 17.4. The number of aryl methyl sites for hydroxylation is 2. The van der Waals surface area contributed by atoms with Gasteiger partial charge in [-0.25, -0.2) is 4.98 Å². The van der Waals surface area contributed by atoms with Crippen LogP contribution < -0.4 is 14.4 Å². The molecule has 1 amide bonds. The molecule has 1 aliphatic heterocycles. The van der Waals surface area contributed by atoms with Gasteiger partial charge in [-0.1, -0.05) is 0 Å². The summed E-state index contributed by atoms with van der Waals surface area (Å²) in [6, 6.07) is 3.73. The lowest BCUT2D eigenvalue weighted by Gasteiger charge is -2.11. The molecule has 0 atom stereocenters. The minimum atomic E-state index is -0.0628. The Morgan fingerprint density at radius 3 is 2.70 bits per heavy atom. The third kappa shape index (κ3) is 3.59. The molecule has 0 unspecified atom stereocenters. The molecule has 0 saturated heterocycles. The highest BCUT2D eigenvalue weighted by atomic mass is 16.5. The number of hydrogen-bond donors (Lipinski definition) is 0. The number of carbonyl (C=O) groups excluding carboxylic acids is 1. The van der Waals surface area contributed by atoms with Gasteiger partial charge in [0.1, 0.15) is 6.61 Å². The number of pyridine rings is 2. The maximum absolute atomic E-state index is 12.9. The Morgan fingerprint density at radius 2 is 2.00 bits per heavy atom. The Morgan fingerprint density at radius 1 is 1.17 bits per heavy atom. The Hall–Kier alpha value is -3.46. The molecule has 0 N–H and O–H groups in total. The first kappa shape index (κ1) is 19.8. The summed E-state index contributed by atoms with van der Waals surface area (Å²) in [6.45, 7) is 3.15. The van der Waals surface area contributed by atoms with Gasteiger partial charge in [-0.15, -0.1) is 0 Å². The van der Waals surface area contributed by atoms with Gasteiger partial charge in [-0.2, -0.15) is 5.10 Å². The van der Waals surface area contributed by atoms with E-state index in [1.54, 1.807) is 36.2 Å². The van der Waals surface area contributed by atoms with Gasteiger partial charge in [0.25, 0.3) is 11.8 Å². The summed E-state index contributed by atoms with van der Waals surface area (Å²) in [4.78, 5) is 23.7. The monoisotopic (exact) mass is 409 g/mol. The molecule has 3 aromatic heterocycles. The number of rotatable bonds is 7. The van der Waals surface area contributed by atoms with E-state index in [1.165, 1.54) is 0 Å². The molecule has 3 aromatic rings. The molecule has 4 heterocycles. The number of carbonyl (C=O) groups is 1. The summed E-state index contributed by atoms with van der Waals surface area (Å²) >= 11 is 0. The minimum absolute atomic E-state index is 0.0628. The normalized spacial score (nSPS) is 12.9.